The third-order valence-electron chi connectivity index (χ3n) is 5.06. The molecule has 0 spiro atoms. The van der Waals surface area contributed by atoms with Crippen LogP contribution in [0.1, 0.15) is 10.4 Å². The molecule has 1 heterocycles. The van der Waals surface area contributed by atoms with Crippen molar-refractivity contribution in [2.75, 3.05) is 56.7 Å². The van der Waals surface area contributed by atoms with Gasteiger partial charge in [0, 0.05) is 43.6 Å². The smallest absolute Gasteiger partial charge is 0.254 e. The summed E-state index contributed by atoms with van der Waals surface area (Å²) in [7, 11) is -2.27. The largest absolute Gasteiger partial charge is 0.378 e. The molecule has 2 amide bonds. The molecule has 3 rings (SSSR count). The third kappa shape index (κ3) is 6.64. The molecule has 2 aromatic carbocycles. The van der Waals surface area contributed by atoms with E-state index in [2.05, 4.69) is 21.5 Å². The Morgan fingerprint density at radius 1 is 1.15 bits per heavy atom. The molecule has 1 saturated heterocycles. The summed E-state index contributed by atoms with van der Waals surface area (Å²) in [5, 5.41) is 2.78. The van der Waals surface area contributed by atoms with Crippen molar-refractivity contribution in [1.29, 1.82) is 0 Å². The van der Waals surface area contributed by atoms with Crippen molar-refractivity contribution in [2.45, 2.75) is 4.90 Å². The van der Waals surface area contributed by atoms with Gasteiger partial charge in [-0.15, -0.1) is 6.58 Å². The molecule has 9 nitrogen and oxygen atoms in total. The summed E-state index contributed by atoms with van der Waals surface area (Å²) in [4.78, 5) is 28.6. The highest BCUT2D eigenvalue weighted by Gasteiger charge is 2.19. The molecule has 0 radical (unpaired) electrons. The Morgan fingerprint density at radius 2 is 1.85 bits per heavy atom. The number of nitrogens with one attached hydrogen (secondary N) is 2. The minimum Gasteiger partial charge on any atom is -0.378 e. The molecule has 176 valence electrons. The molecule has 10 heteroatoms. The normalized spacial score (nSPS) is 13.9. The number of likely N-dealkylation sites (N-methyl/N-ethyl adjacent to an activating group) is 1. The lowest BCUT2D eigenvalue weighted by atomic mass is 10.2. The zero-order chi connectivity index (χ0) is 23.8. The van der Waals surface area contributed by atoms with E-state index < -0.39 is 15.9 Å². The van der Waals surface area contributed by atoms with E-state index in [1.54, 1.807) is 0 Å². The van der Waals surface area contributed by atoms with Crippen LogP contribution in [0, 0.1) is 0 Å². The maximum Gasteiger partial charge on any atom is 0.254 e. The minimum atomic E-state index is -3.76. The van der Waals surface area contributed by atoms with Crippen LogP contribution in [0.3, 0.4) is 0 Å². The van der Waals surface area contributed by atoms with Crippen molar-refractivity contribution in [3.63, 3.8) is 0 Å². The van der Waals surface area contributed by atoms with Crippen LogP contribution in [0.2, 0.25) is 0 Å². The van der Waals surface area contributed by atoms with Crippen molar-refractivity contribution in [3.8, 4) is 0 Å². The molecule has 1 aliphatic rings. The molecule has 0 saturated carbocycles. The molecular formula is C23H28N4O5S. The summed E-state index contributed by atoms with van der Waals surface area (Å²) < 4.78 is 32.3. The van der Waals surface area contributed by atoms with Crippen molar-refractivity contribution in [2.24, 2.45) is 0 Å². The van der Waals surface area contributed by atoms with Gasteiger partial charge in [-0.1, -0.05) is 12.1 Å². The van der Waals surface area contributed by atoms with Gasteiger partial charge >= 0.3 is 0 Å². The van der Waals surface area contributed by atoms with E-state index in [9.17, 15) is 18.0 Å². The summed E-state index contributed by atoms with van der Waals surface area (Å²) in [6.07, 6.45) is 1.43. The number of morpholine rings is 1. The third-order valence-corrected chi connectivity index (χ3v) is 6.48. The first-order chi connectivity index (χ1) is 15.8. The molecule has 0 unspecified atom stereocenters. The molecule has 1 fully saturated rings. The molecule has 2 N–H and O–H groups in total. The number of amides is 2. The van der Waals surface area contributed by atoms with E-state index in [0.29, 0.717) is 18.9 Å². The second kappa shape index (κ2) is 11.1. The zero-order valence-corrected chi connectivity index (χ0v) is 19.3. The highest BCUT2D eigenvalue weighted by atomic mass is 32.2. The molecule has 0 aliphatic carbocycles. The Balaban J connectivity index is 1.58. The fourth-order valence-electron chi connectivity index (χ4n) is 3.33. The van der Waals surface area contributed by atoms with E-state index in [1.807, 2.05) is 24.3 Å². The van der Waals surface area contributed by atoms with Gasteiger partial charge in [0.15, 0.2) is 0 Å². The van der Waals surface area contributed by atoms with Crippen LogP contribution in [0.4, 0.5) is 11.4 Å². The number of anilines is 2. The van der Waals surface area contributed by atoms with Crippen LogP contribution in [-0.4, -0.2) is 71.6 Å². The van der Waals surface area contributed by atoms with Gasteiger partial charge in [0.2, 0.25) is 15.9 Å². The number of sulfonamides is 1. The number of carbonyl (C=O) groups is 2. The number of ether oxygens (including phenoxy) is 1. The molecule has 0 atom stereocenters. The van der Waals surface area contributed by atoms with Crippen molar-refractivity contribution in [1.82, 2.24) is 9.62 Å². The predicted molar refractivity (Wildman–Crippen MR) is 127 cm³/mol. The topological polar surface area (TPSA) is 108 Å². The van der Waals surface area contributed by atoms with Crippen LogP contribution in [0.5, 0.6) is 0 Å². The van der Waals surface area contributed by atoms with Crippen LogP contribution >= 0.6 is 0 Å². The minimum absolute atomic E-state index is 0.0339. The summed E-state index contributed by atoms with van der Waals surface area (Å²) in [5.41, 5.74) is 1.85. The first kappa shape index (κ1) is 24.4. The van der Waals surface area contributed by atoms with Gasteiger partial charge in [-0.3, -0.25) is 9.59 Å². The number of hydrogen-bond acceptors (Lipinski definition) is 6. The maximum absolute atomic E-state index is 12.7. The van der Waals surface area contributed by atoms with Crippen LogP contribution in [0.15, 0.2) is 66.1 Å². The Labute approximate surface area is 194 Å². The molecular weight excluding hydrogens is 444 g/mol. The van der Waals surface area contributed by atoms with E-state index in [0.717, 1.165) is 18.8 Å². The lowest BCUT2D eigenvalue weighted by Gasteiger charge is -2.28. The Morgan fingerprint density at radius 3 is 2.52 bits per heavy atom. The van der Waals surface area contributed by atoms with Gasteiger partial charge in [0.1, 0.15) is 0 Å². The standard InChI is InChI=1S/C23H28N4O5S/c1-3-11-24-33(30,31)21-6-4-5-18(16-21)23(29)26(2)17-22(28)25-19-7-9-20(10-8-19)27-12-14-32-15-13-27/h3-10,16,24H,1,11-15,17H2,2H3,(H,25,28). The first-order valence-corrected chi connectivity index (χ1v) is 12.0. The SMILES string of the molecule is C=CCNS(=O)(=O)c1cccc(C(=O)N(C)CC(=O)Nc2ccc(N3CCOCC3)cc2)c1. The zero-order valence-electron chi connectivity index (χ0n) is 18.5. The fourth-order valence-corrected chi connectivity index (χ4v) is 4.38. The van der Waals surface area contributed by atoms with E-state index >= 15 is 0 Å². The number of benzene rings is 2. The Kier molecular flexibility index (Phi) is 8.21. The summed E-state index contributed by atoms with van der Waals surface area (Å²) >= 11 is 0. The molecule has 0 bridgehead atoms. The maximum atomic E-state index is 12.7. The molecule has 1 aliphatic heterocycles. The van der Waals surface area contributed by atoms with E-state index in [4.69, 9.17) is 4.74 Å². The van der Waals surface area contributed by atoms with Crippen LogP contribution < -0.4 is 14.9 Å². The molecule has 2 aromatic rings. The highest BCUT2D eigenvalue weighted by molar-refractivity contribution is 7.89. The van der Waals surface area contributed by atoms with Crippen molar-refractivity contribution >= 4 is 33.2 Å². The Hall–Kier alpha value is -3.21. The molecule has 33 heavy (non-hydrogen) atoms. The first-order valence-electron chi connectivity index (χ1n) is 10.5. The number of carbonyl (C=O) groups excluding carboxylic acids is 2. The second-order valence-corrected chi connectivity index (χ2v) is 9.29. The van der Waals surface area contributed by atoms with Crippen LogP contribution in [-0.2, 0) is 19.6 Å². The van der Waals surface area contributed by atoms with Gasteiger partial charge in [0.05, 0.1) is 24.7 Å². The van der Waals surface area contributed by atoms with Crippen molar-refractivity contribution in [3.05, 3.63) is 66.7 Å². The number of nitrogens with zero attached hydrogens (tertiary/aromatic N) is 2. The van der Waals surface area contributed by atoms with E-state index in [1.165, 1.54) is 42.3 Å². The molecule has 0 aromatic heterocycles. The monoisotopic (exact) mass is 472 g/mol. The van der Waals surface area contributed by atoms with E-state index in [-0.39, 0.29) is 29.5 Å². The van der Waals surface area contributed by atoms with Gasteiger partial charge in [-0.05, 0) is 42.5 Å². The second-order valence-electron chi connectivity index (χ2n) is 7.52. The number of rotatable bonds is 9. The fraction of sp³-hybridized carbons (Fsp3) is 0.304. The lowest BCUT2D eigenvalue weighted by Crippen LogP contribution is -2.36. The highest BCUT2D eigenvalue weighted by Crippen LogP contribution is 2.19. The average molecular weight is 473 g/mol. The van der Waals surface area contributed by atoms with Crippen LogP contribution in [0.25, 0.3) is 0 Å². The van der Waals surface area contributed by atoms with Gasteiger partial charge in [0.25, 0.3) is 5.91 Å². The lowest BCUT2D eigenvalue weighted by molar-refractivity contribution is -0.116. The summed E-state index contributed by atoms with van der Waals surface area (Å²) in [6.45, 7) is 6.41. The predicted octanol–water partition coefficient (Wildman–Crippen LogP) is 1.70. The van der Waals surface area contributed by atoms with Gasteiger partial charge in [-0.2, -0.15) is 0 Å². The Bertz CT molecular complexity index is 1100. The van der Waals surface area contributed by atoms with Crippen molar-refractivity contribution < 1.29 is 22.7 Å². The number of hydrogen-bond donors (Lipinski definition) is 2. The van der Waals surface area contributed by atoms with Gasteiger partial charge in [-0.25, -0.2) is 13.1 Å². The average Bonchev–Trinajstić information content (AvgIpc) is 2.83. The quantitative estimate of drug-likeness (QED) is 0.538. The summed E-state index contributed by atoms with van der Waals surface area (Å²) in [6, 6.07) is 13.2. The summed E-state index contributed by atoms with van der Waals surface area (Å²) in [5.74, 6) is -0.824. The van der Waals surface area contributed by atoms with Gasteiger partial charge < -0.3 is 19.9 Å².